The van der Waals surface area contributed by atoms with Gasteiger partial charge in [-0.15, -0.1) is 0 Å². The summed E-state index contributed by atoms with van der Waals surface area (Å²) < 4.78 is 46.1. The molecule has 1 amide bonds. The molecule has 6 nitrogen and oxygen atoms in total. The molecule has 1 fully saturated rings. The van der Waals surface area contributed by atoms with E-state index < -0.39 is 21.7 Å². The van der Waals surface area contributed by atoms with Gasteiger partial charge in [-0.3, -0.25) is 4.79 Å². The van der Waals surface area contributed by atoms with Crippen LogP contribution in [-0.2, 0) is 16.6 Å². The van der Waals surface area contributed by atoms with E-state index in [1.165, 1.54) is 23.5 Å². The third kappa shape index (κ3) is 4.34. The number of carbonyl (C=O) groups is 1. The number of nitrogens with one attached hydrogen (secondary N) is 1. The number of amides is 1. The number of hydrogen-bond donors (Lipinski definition) is 1. The lowest BCUT2D eigenvalue weighted by Crippen LogP contribution is -2.36. The van der Waals surface area contributed by atoms with E-state index in [0.29, 0.717) is 18.7 Å². The fourth-order valence-corrected chi connectivity index (χ4v) is 4.97. The minimum absolute atomic E-state index is 0.0235. The summed E-state index contributed by atoms with van der Waals surface area (Å²) in [7, 11) is -2.27. The number of benzene rings is 2. The first-order valence-corrected chi connectivity index (χ1v) is 10.6. The van der Waals surface area contributed by atoms with Crippen LogP contribution >= 0.6 is 0 Å². The monoisotopic (exact) mass is 406 g/mol. The summed E-state index contributed by atoms with van der Waals surface area (Å²) in [6.07, 6.45) is 2.73. The van der Waals surface area contributed by atoms with Crippen LogP contribution in [-0.4, -0.2) is 38.8 Å². The van der Waals surface area contributed by atoms with Crippen LogP contribution in [0.4, 0.5) is 4.39 Å². The second kappa shape index (κ2) is 8.70. The quantitative estimate of drug-likeness (QED) is 0.800. The average Bonchev–Trinajstić information content (AvgIpc) is 2.72. The van der Waals surface area contributed by atoms with Crippen molar-refractivity contribution in [2.75, 3.05) is 20.2 Å². The standard InChI is InChI=1S/C20H23FN2O4S/c1-27-18-10-9-15(13-17(18)21)20(24)22-14-16-7-3-4-8-19(16)28(25,26)23-11-5-2-6-12-23/h3-4,7-10,13H,2,5-6,11-12,14H2,1H3,(H,22,24). The third-order valence-electron chi connectivity index (χ3n) is 4.76. The van der Waals surface area contributed by atoms with Crippen molar-refractivity contribution in [2.45, 2.75) is 30.7 Å². The minimum atomic E-state index is -3.62. The van der Waals surface area contributed by atoms with E-state index in [9.17, 15) is 17.6 Å². The molecule has 2 aromatic rings. The zero-order valence-electron chi connectivity index (χ0n) is 15.7. The first kappa shape index (κ1) is 20.3. The Bertz CT molecular complexity index is 956. The van der Waals surface area contributed by atoms with Crippen molar-refractivity contribution in [3.8, 4) is 5.75 Å². The molecule has 0 saturated carbocycles. The Kier molecular flexibility index (Phi) is 6.31. The fraction of sp³-hybridized carbons (Fsp3) is 0.350. The van der Waals surface area contributed by atoms with Crippen LogP contribution in [0, 0.1) is 5.82 Å². The maximum atomic E-state index is 13.8. The van der Waals surface area contributed by atoms with E-state index >= 15 is 0 Å². The SMILES string of the molecule is COc1ccc(C(=O)NCc2ccccc2S(=O)(=O)N2CCCCC2)cc1F. The van der Waals surface area contributed by atoms with Crippen molar-refractivity contribution >= 4 is 15.9 Å². The molecule has 3 rings (SSSR count). The maximum Gasteiger partial charge on any atom is 0.251 e. The molecule has 1 saturated heterocycles. The largest absolute Gasteiger partial charge is 0.494 e. The van der Waals surface area contributed by atoms with Gasteiger partial charge in [0.1, 0.15) is 0 Å². The highest BCUT2D eigenvalue weighted by molar-refractivity contribution is 7.89. The van der Waals surface area contributed by atoms with E-state index in [2.05, 4.69) is 5.32 Å². The van der Waals surface area contributed by atoms with Crippen molar-refractivity contribution in [3.63, 3.8) is 0 Å². The van der Waals surface area contributed by atoms with Crippen molar-refractivity contribution in [1.29, 1.82) is 0 Å². The van der Waals surface area contributed by atoms with Gasteiger partial charge in [0.2, 0.25) is 10.0 Å². The van der Waals surface area contributed by atoms with Gasteiger partial charge in [0.25, 0.3) is 5.91 Å². The van der Waals surface area contributed by atoms with Crippen LogP contribution in [0.3, 0.4) is 0 Å². The predicted octanol–water partition coefficient (Wildman–Crippen LogP) is 2.94. The highest BCUT2D eigenvalue weighted by Crippen LogP contribution is 2.24. The number of methoxy groups -OCH3 is 1. The Labute approximate surface area is 164 Å². The summed E-state index contributed by atoms with van der Waals surface area (Å²) in [6, 6.07) is 10.5. The molecule has 2 aromatic carbocycles. The lowest BCUT2D eigenvalue weighted by molar-refractivity contribution is 0.0950. The summed E-state index contributed by atoms with van der Waals surface area (Å²) in [5, 5.41) is 2.67. The Morgan fingerprint density at radius 2 is 1.86 bits per heavy atom. The summed E-state index contributed by atoms with van der Waals surface area (Å²) in [5.74, 6) is -1.08. The molecule has 1 aliphatic rings. The van der Waals surface area contributed by atoms with Gasteiger partial charge < -0.3 is 10.1 Å². The number of hydrogen-bond acceptors (Lipinski definition) is 4. The van der Waals surface area contributed by atoms with E-state index in [1.54, 1.807) is 24.3 Å². The minimum Gasteiger partial charge on any atom is -0.494 e. The summed E-state index contributed by atoms with van der Waals surface area (Å²) in [4.78, 5) is 12.5. The molecule has 8 heteroatoms. The zero-order valence-corrected chi connectivity index (χ0v) is 16.5. The normalized spacial score (nSPS) is 15.2. The topological polar surface area (TPSA) is 75.7 Å². The highest BCUT2D eigenvalue weighted by Gasteiger charge is 2.27. The number of nitrogens with zero attached hydrogens (tertiary/aromatic N) is 1. The molecule has 1 N–H and O–H groups in total. The van der Waals surface area contributed by atoms with Crippen LogP contribution < -0.4 is 10.1 Å². The maximum absolute atomic E-state index is 13.8. The molecule has 1 heterocycles. The molecular weight excluding hydrogens is 383 g/mol. The molecule has 28 heavy (non-hydrogen) atoms. The summed E-state index contributed by atoms with van der Waals surface area (Å²) in [5.41, 5.74) is 0.630. The molecule has 0 atom stereocenters. The Morgan fingerprint density at radius 3 is 2.54 bits per heavy atom. The third-order valence-corrected chi connectivity index (χ3v) is 6.76. The molecule has 0 aromatic heterocycles. The van der Waals surface area contributed by atoms with Crippen molar-refractivity contribution < 1.29 is 22.3 Å². The first-order chi connectivity index (χ1) is 13.4. The number of halogens is 1. The number of piperidine rings is 1. The van der Waals surface area contributed by atoms with Crippen LogP contribution in [0.2, 0.25) is 0 Å². The number of ether oxygens (including phenoxy) is 1. The Balaban J connectivity index is 1.76. The fourth-order valence-electron chi connectivity index (χ4n) is 3.23. The lowest BCUT2D eigenvalue weighted by atomic mass is 10.1. The van der Waals surface area contributed by atoms with Gasteiger partial charge in [0.05, 0.1) is 12.0 Å². The van der Waals surface area contributed by atoms with Crippen molar-refractivity contribution in [1.82, 2.24) is 9.62 Å². The number of sulfonamides is 1. The molecule has 0 bridgehead atoms. The molecule has 0 spiro atoms. The molecule has 0 unspecified atom stereocenters. The van der Waals surface area contributed by atoms with Crippen LogP contribution in [0.15, 0.2) is 47.4 Å². The second-order valence-corrected chi connectivity index (χ2v) is 8.51. The van der Waals surface area contributed by atoms with E-state index in [4.69, 9.17) is 4.74 Å². The first-order valence-electron chi connectivity index (χ1n) is 9.13. The van der Waals surface area contributed by atoms with Gasteiger partial charge in [-0.2, -0.15) is 4.31 Å². The van der Waals surface area contributed by atoms with E-state index in [0.717, 1.165) is 25.3 Å². The van der Waals surface area contributed by atoms with Crippen molar-refractivity contribution in [3.05, 3.63) is 59.4 Å². The van der Waals surface area contributed by atoms with Gasteiger partial charge in [-0.05, 0) is 42.7 Å². The Hall–Kier alpha value is -2.45. The Morgan fingerprint density at radius 1 is 1.14 bits per heavy atom. The van der Waals surface area contributed by atoms with Crippen LogP contribution in [0.25, 0.3) is 0 Å². The van der Waals surface area contributed by atoms with E-state index in [-0.39, 0.29) is 22.8 Å². The van der Waals surface area contributed by atoms with Crippen LogP contribution in [0.5, 0.6) is 5.75 Å². The smallest absolute Gasteiger partial charge is 0.251 e. The number of carbonyl (C=O) groups excluding carboxylic acids is 1. The molecular formula is C20H23FN2O4S. The summed E-state index contributed by atoms with van der Waals surface area (Å²) >= 11 is 0. The lowest BCUT2D eigenvalue weighted by Gasteiger charge is -2.26. The van der Waals surface area contributed by atoms with Crippen LogP contribution in [0.1, 0.15) is 35.2 Å². The van der Waals surface area contributed by atoms with Gasteiger partial charge in [0, 0.05) is 25.2 Å². The van der Waals surface area contributed by atoms with Gasteiger partial charge >= 0.3 is 0 Å². The molecule has 0 radical (unpaired) electrons. The molecule has 0 aliphatic carbocycles. The van der Waals surface area contributed by atoms with Crippen molar-refractivity contribution in [2.24, 2.45) is 0 Å². The molecule has 150 valence electrons. The average molecular weight is 406 g/mol. The second-order valence-electron chi connectivity index (χ2n) is 6.60. The highest BCUT2D eigenvalue weighted by atomic mass is 32.2. The van der Waals surface area contributed by atoms with Gasteiger partial charge in [-0.1, -0.05) is 24.6 Å². The zero-order chi connectivity index (χ0) is 20.1. The molecule has 1 aliphatic heterocycles. The summed E-state index contributed by atoms with van der Waals surface area (Å²) in [6.45, 7) is 1.04. The number of rotatable bonds is 6. The predicted molar refractivity (Wildman–Crippen MR) is 103 cm³/mol. The van der Waals surface area contributed by atoms with E-state index in [1.807, 2.05) is 0 Å². The van der Waals surface area contributed by atoms with Gasteiger partial charge in [-0.25, -0.2) is 12.8 Å². The van der Waals surface area contributed by atoms with Gasteiger partial charge in [0.15, 0.2) is 11.6 Å².